The first-order chi connectivity index (χ1) is 14.3. The highest BCUT2D eigenvalue weighted by Crippen LogP contribution is 2.28. The number of benzene rings is 3. The summed E-state index contributed by atoms with van der Waals surface area (Å²) in [7, 11) is 0. The van der Waals surface area contributed by atoms with Gasteiger partial charge in [-0.05, 0) is 36.4 Å². The van der Waals surface area contributed by atoms with Crippen molar-refractivity contribution in [2.24, 2.45) is 0 Å². The van der Waals surface area contributed by atoms with Gasteiger partial charge in [0.1, 0.15) is 17.5 Å². The summed E-state index contributed by atoms with van der Waals surface area (Å²) in [5.74, 6) is -4.67. The van der Waals surface area contributed by atoms with Crippen molar-refractivity contribution in [3.05, 3.63) is 100 Å². The fraction of sp³-hybridized carbons (Fsp3) is 0.0455. The van der Waals surface area contributed by atoms with Gasteiger partial charge in [-0.25, -0.2) is 13.2 Å². The lowest BCUT2D eigenvalue weighted by atomic mass is 10.1. The summed E-state index contributed by atoms with van der Waals surface area (Å²) in [6, 6.07) is 12.3. The Labute approximate surface area is 168 Å². The van der Waals surface area contributed by atoms with Gasteiger partial charge >= 0.3 is 0 Å². The van der Waals surface area contributed by atoms with Gasteiger partial charge in [0.2, 0.25) is 0 Å². The van der Waals surface area contributed by atoms with Crippen molar-refractivity contribution in [3.63, 3.8) is 0 Å². The standard InChI is InChI=1S/C22H13F3N2O3/c23-13-8-12(9-14(24)10-13)20(28)26-19-7-3-6-18(25)17(19)11-27-21(29)15-4-1-2-5-16(15)22(27)30/h1-10H,11H2,(H,26,28). The Kier molecular flexibility index (Phi) is 4.83. The summed E-state index contributed by atoms with van der Waals surface area (Å²) in [5.41, 5.74) is -0.0266. The number of amides is 3. The molecule has 0 atom stereocenters. The molecule has 3 aromatic rings. The van der Waals surface area contributed by atoms with Crippen LogP contribution in [0.3, 0.4) is 0 Å². The zero-order chi connectivity index (χ0) is 21.4. The molecule has 0 saturated heterocycles. The molecular formula is C22H13F3N2O3. The van der Waals surface area contributed by atoms with Crippen LogP contribution in [0.25, 0.3) is 0 Å². The van der Waals surface area contributed by atoms with Crippen LogP contribution in [0.15, 0.2) is 60.7 Å². The van der Waals surface area contributed by atoms with Gasteiger partial charge < -0.3 is 5.32 Å². The highest BCUT2D eigenvalue weighted by molar-refractivity contribution is 6.21. The predicted molar refractivity (Wildman–Crippen MR) is 101 cm³/mol. The first kappa shape index (κ1) is 19.4. The van der Waals surface area contributed by atoms with Crippen molar-refractivity contribution in [3.8, 4) is 0 Å². The first-order valence-corrected chi connectivity index (χ1v) is 8.85. The minimum absolute atomic E-state index is 0.0266. The Morgan fingerprint density at radius 3 is 2.03 bits per heavy atom. The van der Waals surface area contributed by atoms with Crippen LogP contribution in [0.4, 0.5) is 18.9 Å². The molecule has 30 heavy (non-hydrogen) atoms. The number of nitrogens with one attached hydrogen (secondary N) is 1. The Morgan fingerprint density at radius 1 is 0.833 bits per heavy atom. The van der Waals surface area contributed by atoms with Crippen molar-refractivity contribution in [2.45, 2.75) is 6.54 Å². The molecule has 0 spiro atoms. The number of carbonyl (C=O) groups excluding carboxylic acids is 3. The summed E-state index contributed by atoms with van der Waals surface area (Å²) < 4.78 is 41.3. The maximum absolute atomic E-state index is 14.5. The van der Waals surface area contributed by atoms with Gasteiger partial charge in [-0.3, -0.25) is 19.3 Å². The van der Waals surface area contributed by atoms with E-state index < -0.39 is 41.7 Å². The van der Waals surface area contributed by atoms with E-state index in [2.05, 4.69) is 5.32 Å². The molecule has 5 nitrogen and oxygen atoms in total. The van der Waals surface area contributed by atoms with Crippen LogP contribution in [0.5, 0.6) is 0 Å². The van der Waals surface area contributed by atoms with E-state index in [1.807, 2.05) is 0 Å². The molecule has 0 bridgehead atoms. The van der Waals surface area contributed by atoms with E-state index in [0.717, 1.165) is 23.1 Å². The molecule has 0 aromatic heterocycles. The van der Waals surface area contributed by atoms with Crippen LogP contribution in [0, 0.1) is 17.5 Å². The Morgan fingerprint density at radius 2 is 1.43 bits per heavy atom. The van der Waals surface area contributed by atoms with Gasteiger partial charge in [0.05, 0.1) is 17.7 Å². The minimum Gasteiger partial charge on any atom is -0.322 e. The van der Waals surface area contributed by atoms with E-state index in [9.17, 15) is 27.6 Å². The van der Waals surface area contributed by atoms with Crippen molar-refractivity contribution in [1.82, 2.24) is 4.90 Å². The van der Waals surface area contributed by atoms with Crippen molar-refractivity contribution < 1.29 is 27.6 Å². The minimum atomic E-state index is -0.939. The van der Waals surface area contributed by atoms with E-state index in [4.69, 9.17) is 0 Å². The molecule has 4 rings (SSSR count). The first-order valence-electron chi connectivity index (χ1n) is 8.85. The molecule has 3 amide bonds. The molecule has 1 aliphatic heterocycles. The molecule has 1 heterocycles. The monoisotopic (exact) mass is 410 g/mol. The normalized spacial score (nSPS) is 12.8. The number of rotatable bonds is 4. The summed E-state index contributed by atoms with van der Waals surface area (Å²) in [4.78, 5) is 38.4. The largest absolute Gasteiger partial charge is 0.322 e. The molecule has 3 aromatic carbocycles. The van der Waals surface area contributed by atoms with Gasteiger partial charge in [-0.2, -0.15) is 0 Å². The average molecular weight is 410 g/mol. The molecule has 1 N–H and O–H groups in total. The van der Waals surface area contributed by atoms with E-state index in [1.165, 1.54) is 24.3 Å². The van der Waals surface area contributed by atoms with Gasteiger partial charge in [-0.15, -0.1) is 0 Å². The van der Waals surface area contributed by atoms with Crippen molar-refractivity contribution >= 4 is 23.4 Å². The predicted octanol–water partition coefficient (Wildman–Crippen LogP) is 4.15. The van der Waals surface area contributed by atoms with Gasteiger partial charge in [0.25, 0.3) is 17.7 Å². The fourth-order valence-electron chi connectivity index (χ4n) is 3.26. The molecule has 0 aliphatic carbocycles. The molecule has 1 aliphatic rings. The molecule has 0 unspecified atom stereocenters. The third kappa shape index (κ3) is 3.43. The maximum Gasteiger partial charge on any atom is 0.261 e. The second-order valence-electron chi connectivity index (χ2n) is 6.62. The lowest BCUT2D eigenvalue weighted by Crippen LogP contribution is -2.30. The Hall–Kier alpha value is -3.94. The number of carbonyl (C=O) groups is 3. The second-order valence-corrected chi connectivity index (χ2v) is 6.62. The fourth-order valence-corrected chi connectivity index (χ4v) is 3.26. The summed E-state index contributed by atoms with van der Waals surface area (Å²) in [6.45, 7) is -0.424. The second kappa shape index (κ2) is 7.47. The Bertz CT molecular complexity index is 1150. The zero-order valence-electron chi connectivity index (χ0n) is 15.3. The number of imide groups is 1. The van der Waals surface area contributed by atoms with Gasteiger partial charge in [0, 0.05) is 22.9 Å². The molecule has 0 saturated carbocycles. The van der Waals surface area contributed by atoms with Crippen LogP contribution in [0.1, 0.15) is 36.6 Å². The number of hydrogen-bond donors (Lipinski definition) is 1. The summed E-state index contributed by atoms with van der Waals surface area (Å²) in [5, 5.41) is 2.39. The molecular weight excluding hydrogens is 397 g/mol. The van der Waals surface area contributed by atoms with Crippen LogP contribution >= 0.6 is 0 Å². The molecule has 8 heteroatoms. The van der Waals surface area contributed by atoms with Crippen LogP contribution in [-0.4, -0.2) is 22.6 Å². The highest BCUT2D eigenvalue weighted by atomic mass is 19.1. The summed E-state index contributed by atoms with van der Waals surface area (Å²) in [6.07, 6.45) is 0. The number of nitrogens with zero attached hydrogens (tertiary/aromatic N) is 1. The third-order valence-electron chi connectivity index (χ3n) is 4.69. The van der Waals surface area contributed by atoms with E-state index in [0.29, 0.717) is 6.07 Å². The Balaban J connectivity index is 1.64. The van der Waals surface area contributed by atoms with Crippen molar-refractivity contribution in [1.29, 1.82) is 0 Å². The van der Waals surface area contributed by atoms with Crippen molar-refractivity contribution in [2.75, 3.05) is 5.32 Å². The molecule has 0 radical (unpaired) electrons. The van der Waals surface area contributed by atoms with Crippen LogP contribution in [-0.2, 0) is 6.54 Å². The van der Waals surface area contributed by atoms with E-state index >= 15 is 0 Å². The zero-order valence-corrected chi connectivity index (χ0v) is 15.3. The van der Waals surface area contributed by atoms with Gasteiger partial charge in [0.15, 0.2) is 0 Å². The average Bonchev–Trinajstić information content (AvgIpc) is 2.94. The maximum atomic E-state index is 14.5. The van der Waals surface area contributed by atoms with E-state index in [1.54, 1.807) is 12.1 Å². The smallest absolute Gasteiger partial charge is 0.261 e. The van der Waals surface area contributed by atoms with Crippen LogP contribution < -0.4 is 5.32 Å². The van der Waals surface area contributed by atoms with Crippen LogP contribution in [0.2, 0.25) is 0 Å². The molecule has 0 fully saturated rings. The number of anilines is 1. The number of fused-ring (bicyclic) bond motifs is 1. The quantitative estimate of drug-likeness (QED) is 0.657. The summed E-state index contributed by atoms with van der Waals surface area (Å²) >= 11 is 0. The third-order valence-corrected chi connectivity index (χ3v) is 4.69. The topological polar surface area (TPSA) is 66.5 Å². The van der Waals surface area contributed by atoms with E-state index in [-0.39, 0.29) is 27.9 Å². The molecule has 150 valence electrons. The lowest BCUT2D eigenvalue weighted by molar-refractivity contribution is 0.0641. The highest BCUT2D eigenvalue weighted by Gasteiger charge is 2.36. The number of hydrogen-bond acceptors (Lipinski definition) is 3. The number of halogens is 3. The lowest BCUT2D eigenvalue weighted by Gasteiger charge is -2.18. The SMILES string of the molecule is O=C(Nc1cccc(F)c1CN1C(=O)c2ccccc2C1=O)c1cc(F)cc(F)c1. The van der Waals surface area contributed by atoms with Gasteiger partial charge in [-0.1, -0.05) is 18.2 Å².